The minimum atomic E-state index is -4.92. The first-order valence-corrected chi connectivity index (χ1v) is 13.8. The summed E-state index contributed by atoms with van der Waals surface area (Å²) in [5.41, 5.74) is 0.575. The second-order valence-corrected chi connectivity index (χ2v) is 10.7. The number of imidazole rings is 1. The van der Waals surface area contributed by atoms with Crippen molar-refractivity contribution in [3.63, 3.8) is 0 Å². The third-order valence-corrected chi connectivity index (χ3v) is 6.11. The van der Waals surface area contributed by atoms with E-state index in [2.05, 4.69) is 19.8 Å². The fourth-order valence-electron chi connectivity index (χ4n) is 3.41. The van der Waals surface area contributed by atoms with Crippen molar-refractivity contribution in [3.05, 3.63) is 64.8 Å². The first-order valence-electron chi connectivity index (χ1n) is 11.6. The van der Waals surface area contributed by atoms with Crippen molar-refractivity contribution in [2.75, 3.05) is 31.3 Å². The lowest BCUT2D eigenvalue weighted by Gasteiger charge is -2.15. The van der Waals surface area contributed by atoms with Crippen LogP contribution in [0.4, 0.5) is 19.0 Å². The smallest absolute Gasteiger partial charge is 0.425 e. The number of hydrogen-bond donors (Lipinski definition) is 2. The van der Waals surface area contributed by atoms with E-state index < -0.39 is 28.0 Å². The quantitative estimate of drug-likeness (QED) is 0.226. The van der Waals surface area contributed by atoms with Crippen molar-refractivity contribution in [1.29, 1.82) is 0 Å². The van der Waals surface area contributed by atoms with Gasteiger partial charge >= 0.3 is 12.4 Å². The van der Waals surface area contributed by atoms with Crippen LogP contribution >= 0.6 is 11.6 Å². The minimum absolute atomic E-state index is 0.00330. The molecule has 0 saturated carbocycles. The van der Waals surface area contributed by atoms with Gasteiger partial charge in [-0.05, 0) is 36.2 Å². The lowest BCUT2D eigenvalue weighted by molar-refractivity contribution is -0.274. The van der Waals surface area contributed by atoms with E-state index in [0.717, 1.165) is 23.3 Å². The Balaban J connectivity index is 1.99. The molecule has 2 N–H and O–H groups in total. The summed E-state index contributed by atoms with van der Waals surface area (Å²) in [6.45, 7) is 0.156. The number of nitrogens with zero attached hydrogens (tertiary/aromatic N) is 3. The average Bonchev–Trinajstić information content (AvgIpc) is 3.20. The number of alkyl halides is 3. The Morgan fingerprint density at radius 2 is 1.82 bits per heavy atom. The van der Waals surface area contributed by atoms with Gasteiger partial charge in [0.25, 0.3) is 5.91 Å². The third-order valence-electron chi connectivity index (χ3n) is 5.13. The van der Waals surface area contributed by atoms with Crippen molar-refractivity contribution in [2.24, 2.45) is 0 Å². The summed E-state index contributed by atoms with van der Waals surface area (Å²) in [4.78, 5) is 30.3. The van der Waals surface area contributed by atoms with E-state index in [0.29, 0.717) is 17.0 Å². The van der Waals surface area contributed by atoms with E-state index in [1.54, 1.807) is 24.3 Å². The molecule has 0 aliphatic rings. The molecule has 40 heavy (non-hydrogen) atoms. The molecule has 216 valence electrons. The number of anilines is 1. The summed E-state index contributed by atoms with van der Waals surface area (Å²) in [5, 5.41) is 3.12. The van der Waals surface area contributed by atoms with Crippen LogP contribution in [-0.2, 0) is 21.4 Å². The molecule has 3 aromatic rings. The van der Waals surface area contributed by atoms with Gasteiger partial charge in [-0.1, -0.05) is 29.8 Å². The monoisotopic (exact) mass is 603 g/mol. The molecule has 0 saturated heterocycles. The maximum Gasteiger partial charge on any atom is 0.573 e. The van der Waals surface area contributed by atoms with Crippen LogP contribution in [0, 0.1) is 0 Å². The predicted molar refractivity (Wildman–Crippen MR) is 140 cm³/mol. The second kappa shape index (κ2) is 13.0. The molecule has 0 radical (unpaired) electrons. The Morgan fingerprint density at radius 3 is 2.45 bits per heavy atom. The van der Waals surface area contributed by atoms with Gasteiger partial charge in [0.2, 0.25) is 16.4 Å². The van der Waals surface area contributed by atoms with E-state index in [4.69, 9.17) is 16.3 Å². The highest BCUT2D eigenvalue weighted by Gasteiger charge is 2.31. The molecule has 0 aliphatic heterocycles. The number of aromatic nitrogens is 2. The zero-order valence-corrected chi connectivity index (χ0v) is 22.8. The predicted octanol–water partition coefficient (Wildman–Crippen LogP) is 3.54. The number of amides is 2. The van der Waals surface area contributed by atoms with Crippen molar-refractivity contribution in [2.45, 2.75) is 19.3 Å². The van der Waals surface area contributed by atoms with Crippen LogP contribution in [-0.4, -0.2) is 63.0 Å². The van der Waals surface area contributed by atoms with Gasteiger partial charge in [0.1, 0.15) is 11.5 Å². The van der Waals surface area contributed by atoms with Gasteiger partial charge in [0.15, 0.2) is 11.5 Å². The van der Waals surface area contributed by atoms with Gasteiger partial charge in [-0.25, -0.2) is 13.1 Å². The lowest BCUT2D eigenvalue weighted by Crippen LogP contribution is -2.32. The standard InChI is InChI=1S/C24H25ClF3N5O6S/c1-32(15-34)21-20(22(35)29-11-4-12-30-40(2,36)37)33(14-16-7-9-17(25)10-8-16)23(31-21)38-18-5-3-6-19(13-18)39-24(26,27)28/h3,5-10,13,15,30H,4,11-12,14H2,1-2H3,(H,29,35). The highest BCUT2D eigenvalue weighted by atomic mass is 35.5. The molecule has 11 nitrogen and oxygen atoms in total. The largest absolute Gasteiger partial charge is 0.573 e. The van der Waals surface area contributed by atoms with Crippen LogP contribution < -0.4 is 24.4 Å². The van der Waals surface area contributed by atoms with Crippen molar-refractivity contribution < 1.29 is 40.7 Å². The molecule has 0 aliphatic carbocycles. The molecular formula is C24H25ClF3N5O6S. The number of carbonyl (C=O) groups excluding carboxylic acids is 2. The topological polar surface area (TPSA) is 132 Å². The molecule has 1 aromatic heterocycles. The Bertz CT molecular complexity index is 1450. The van der Waals surface area contributed by atoms with E-state index in [-0.39, 0.29) is 49.3 Å². The number of benzene rings is 2. The number of sulfonamides is 1. The molecule has 0 atom stereocenters. The van der Waals surface area contributed by atoms with Crippen molar-refractivity contribution in [3.8, 4) is 17.5 Å². The number of hydrogen-bond acceptors (Lipinski definition) is 7. The molecule has 0 bridgehead atoms. The van der Waals surface area contributed by atoms with Crippen LogP contribution in [0.25, 0.3) is 0 Å². The Kier molecular flexibility index (Phi) is 10.0. The van der Waals surface area contributed by atoms with E-state index >= 15 is 0 Å². The Morgan fingerprint density at radius 1 is 1.15 bits per heavy atom. The molecule has 0 unspecified atom stereocenters. The zero-order chi connectivity index (χ0) is 29.5. The SMILES string of the molecule is CN(C=O)c1nc(Oc2cccc(OC(F)(F)F)c2)n(Cc2ccc(Cl)cc2)c1C(=O)NCCCNS(C)(=O)=O. The summed E-state index contributed by atoms with van der Waals surface area (Å²) >= 11 is 5.98. The van der Waals surface area contributed by atoms with Gasteiger partial charge in [-0.15, -0.1) is 13.2 Å². The molecule has 2 amide bonds. The number of ether oxygens (including phenoxy) is 2. The van der Waals surface area contributed by atoms with E-state index in [9.17, 15) is 31.2 Å². The van der Waals surface area contributed by atoms with Crippen LogP contribution in [0.2, 0.25) is 5.02 Å². The number of carbonyl (C=O) groups is 2. The Hall–Kier alpha value is -3.82. The highest BCUT2D eigenvalue weighted by molar-refractivity contribution is 7.88. The Labute approximate surface area is 232 Å². The second-order valence-electron chi connectivity index (χ2n) is 8.40. The maximum absolute atomic E-state index is 13.3. The lowest BCUT2D eigenvalue weighted by atomic mass is 10.2. The molecule has 2 aromatic carbocycles. The maximum atomic E-state index is 13.3. The molecule has 3 rings (SSSR count). The van der Waals surface area contributed by atoms with Crippen LogP contribution in [0.15, 0.2) is 48.5 Å². The van der Waals surface area contributed by atoms with Crippen LogP contribution in [0.1, 0.15) is 22.5 Å². The summed E-state index contributed by atoms with van der Waals surface area (Å²) < 4.78 is 74.0. The van der Waals surface area contributed by atoms with Gasteiger partial charge in [-0.2, -0.15) is 4.98 Å². The molecular weight excluding hydrogens is 579 g/mol. The summed E-state index contributed by atoms with van der Waals surface area (Å²) in [6, 6.07) is 11.1. The number of rotatable bonds is 13. The fraction of sp³-hybridized carbons (Fsp3) is 0.292. The normalized spacial score (nSPS) is 11.7. The van der Waals surface area contributed by atoms with Crippen LogP contribution in [0.5, 0.6) is 17.5 Å². The molecule has 0 fully saturated rings. The minimum Gasteiger partial charge on any atom is -0.425 e. The summed E-state index contributed by atoms with van der Waals surface area (Å²) in [5.74, 6) is -1.36. The highest BCUT2D eigenvalue weighted by Crippen LogP contribution is 2.32. The first kappa shape index (κ1) is 30.7. The first-order chi connectivity index (χ1) is 18.8. The van der Waals surface area contributed by atoms with Crippen molar-refractivity contribution in [1.82, 2.24) is 19.6 Å². The fourth-order valence-corrected chi connectivity index (χ4v) is 4.05. The van der Waals surface area contributed by atoms with E-state index in [1.807, 2.05) is 0 Å². The zero-order valence-electron chi connectivity index (χ0n) is 21.2. The summed E-state index contributed by atoms with van der Waals surface area (Å²) in [7, 11) is -2.04. The van der Waals surface area contributed by atoms with E-state index in [1.165, 1.54) is 23.7 Å². The van der Waals surface area contributed by atoms with Crippen molar-refractivity contribution >= 4 is 39.8 Å². The van der Waals surface area contributed by atoms with Gasteiger partial charge in [0.05, 0.1) is 12.8 Å². The van der Waals surface area contributed by atoms with Gasteiger partial charge in [-0.3, -0.25) is 14.2 Å². The molecule has 1 heterocycles. The molecule has 16 heteroatoms. The average molecular weight is 604 g/mol. The van der Waals surface area contributed by atoms with Gasteiger partial charge < -0.3 is 19.7 Å². The third kappa shape index (κ3) is 9.14. The molecule has 0 spiro atoms. The number of halogens is 4. The van der Waals surface area contributed by atoms with Crippen LogP contribution in [0.3, 0.4) is 0 Å². The van der Waals surface area contributed by atoms with Gasteiger partial charge in [0, 0.05) is 31.2 Å². The summed E-state index contributed by atoms with van der Waals surface area (Å²) in [6.07, 6.45) is -3.23. The number of nitrogens with one attached hydrogen (secondary N) is 2.